The SMILES string of the molecule is CCCCc1nc(C)c(C(=O)NC2CCN(Cc3ccccc3C)CC2)s1. The predicted molar refractivity (Wildman–Crippen MR) is 112 cm³/mol. The van der Waals surface area contributed by atoms with Crippen LogP contribution >= 0.6 is 11.3 Å². The fraction of sp³-hybridized carbons (Fsp3) is 0.545. The van der Waals surface area contributed by atoms with Crippen LogP contribution in [0.2, 0.25) is 0 Å². The lowest BCUT2D eigenvalue weighted by atomic mass is 10.0. The number of amides is 1. The van der Waals surface area contributed by atoms with Crippen LogP contribution in [0.25, 0.3) is 0 Å². The minimum atomic E-state index is 0.0603. The number of rotatable bonds is 7. The third-order valence-corrected chi connectivity index (χ3v) is 6.59. The summed E-state index contributed by atoms with van der Waals surface area (Å²) in [6, 6.07) is 8.86. The number of piperidine rings is 1. The minimum Gasteiger partial charge on any atom is -0.348 e. The van der Waals surface area contributed by atoms with E-state index in [4.69, 9.17) is 0 Å². The molecule has 0 atom stereocenters. The van der Waals surface area contributed by atoms with Crippen molar-refractivity contribution in [1.29, 1.82) is 0 Å². The summed E-state index contributed by atoms with van der Waals surface area (Å²) in [5.74, 6) is 0.0603. The maximum atomic E-state index is 12.7. The molecule has 146 valence electrons. The van der Waals surface area contributed by atoms with E-state index in [1.54, 1.807) is 11.3 Å². The Labute approximate surface area is 167 Å². The molecular formula is C22H31N3OS. The van der Waals surface area contributed by atoms with E-state index in [2.05, 4.69) is 53.3 Å². The van der Waals surface area contributed by atoms with E-state index < -0.39 is 0 Å². The third kappa shape index (κ3) is 5.39. The van der Waals surface area contributed by atoms with Crippen molar-refractivity contribution in [2.24, 2.45) is 0 Å². The van der Waals surface area contributed by atoms with Gasteiger partial charge in [0.05, 0.1) is 10.7 Å². The van der Waals surface area contributed by atoms with Crippen LogP contribution in [-0.4, -0.2) is 34.9 Å². The van der Waals surface area contributed by atoms with Gasteiger partial charge in [0.2, 0.25) is 0 Å². The number of thiazole rings is 1. The van der Waals surface area contributed by atoms with Crippen molar-refractivity contribution in [2.45, 2.75) is 65.5 Å². The van der Waals surface area contributed by atoms with E-state index >= 15 is 0 Å². The number of nitrogens with zero attached hydrogens (tertiary/aromatic N) is 2. The molecule has 5 heteroatoms. The highest BCUT2D eigenvalue weighted by Crippen LogP contribution is 2.21. The molecule has 1 aromatic heterocycles. The standard InChI is InChI=1S/C22H31N3OS/c1-4-5-10-20-23-17(3)21(27-20)22(26)24-19-11-13-25(14-12-19)15-18-9-7-6-8-16(18)2/h6-9,19H,4-5,10-15H2,1-3H3,(H,24,26). The van der Waals surface area contributed by atoms with E-state index in [-0.39, 0.29) is 11.9 Å². The summed E-state index contributed by atoms with van der Waals surface area (Å²) in [6.45, 7) is 9.37. The second-order valence-electron chi connectivity index (χ2n) is 7.58. The maximum Gasteiger partial charge on any atom is 0.263 e. The molecule has 1 aliphatic heterocycles. The molecule has 0 radical (unpaired) electrons. The fourth-order valence-electron chi connectivity index (χ4n) is 3.61. The van der Waals surface area contributed by atoms with E-state index in [0.717, 1.165) is 67.3 Å². The zero-order valence-electron chi connectivity index (χ0n) is 16.8. The van der Waals surface area contributed by atoms with Crippen molar-refractivity contribution >= 4 is 17.2 Å². The molecule has 2 heterocycles. The normalized spacial score (nSPS) is 15.8. The van der Waals surface area contributed by atoms with Gasteiger partial charge in [-0.05, 0) is 50.7 Å². The van der Waals surface area contributed by atoms with Crippen molar-refractivity contribution in [1.82, 2.24) is 15.2 Å². The lowest BCUT2D eigenvalue weighted by Gasteiger charge is -2.32. The summed E-state index contributed by atoms with van der Waals surface area (Å²) in [5, 5.41) is 4.34. The Balaban J connectivity index is 1.49. The summed E-state index contributed by atoms with van der Waals surface area (Å²) in [5.41, 5.74) is 3.63. The number of carbonyl (C=O) groups excluding carboxylic acids is 1. The Kier molecular flexibility index (Phi) is 7.02. The van der Waals surface area contributed by atoms with Crippen LogP contribution in [0.3, 0.4) is 0 Å². The van der Waals surface area contributed by atoms with Gasteiger partial charge in [-0.3, -0.25) is 9.69 Å². The van der Waals surface area contributed by atoms with E-state index in [1.165, 1.54) is 11.1 Å². The largest absolute Gasteiger partial charge is 0.348 e. The summed E-state index contributed by atoms with van der Waals surface area (Å²) in [4.78, 5) is 20.5. The number of hydrogen-bond donors (Lipinski definition) is 1. The zero-order valence-corrected chi connectivity index (χ0v) is 17.6. The minimum absolute atomic E-state index is 0.0603. The molecule has 1 aromatic carbocycles. The second kappa shape index (κ2) is 9.47. The van der Waals surface area contributed by atoms with Crippen LogP contribution in [0, 0.1) is 13.8 Å². The number of aromatic nitrogens is 1. The summed E-state index contributed by atoms with van der Waals surface area (Å²) in [7, 11) is 0. The smallest absolute Gasteiger partial charge is 0.263 e. The molecule has 0 aliphatic carbocycles. The third-order valence-electron chi connectivity index (χ3n) is 5.37. The van der Waals surface area contributed by atoms with Gasteiger partial charge in [-0.25, -0.2) is 4.98 Å². The monoisotopic (exact) mass is 385 g/mol. The van der Waals surface area contributed by atoms with Gasteiger partial charge in [-0.2, -0.15) is 0 Å². The number of likely N-dealkylation sites (tertiary alicyclic amines) is 1. The first-order valence-electron chi connectivity index (χ1n) is 10.1. The van der Waals surface area contributed by atoms with Gasteiger partial charge in [-0.1, -0.05) is 37.6 Å². The highest BCUT2D eigenvalue weighted by Gasteiger charge is 2.23. The first kappa shape index (κ1) is 20.0. The molecule has 0 bridgehead atoms. The molecular weight excluding hydrogens is 354 g/mol. The summed E-state index contributed by atoms with van der Waals surface area (Å²) < 4.78 is 0. The summed E-state index contributed by atoms with van der Waals surface area (Å²) in [6.07, 6.45) is 5.29. The van der Waals surface area contributed by atoms with Gasteiger partial charge in [0.15, 0.2) is 0 Å². The average Bonchev–Trinajstić information content (AvgIpc) is 3.04. The van der Waals surface area contributed by atoms with Crippen LogP contribution < -0.4 is 5.32 Å². The van der Waals surface area contributed by atoms with Crippen molar-refractivity contribution in [3.63, 3.8) is 0 Å². The highest BCUT2D eigenvalue weighted by atomic mass is 32.1. The number of nitrogens with one attached hydrogen (secondary N) is 1. The highest BCUT2D eigenvalue weighted by molar-refractivity contribution is 7.13. The molecule has 27 heavy (non-hydrogen) atoms. The van der Waals surface area contributed by atoms with Crippen molar-refractivity contribution < 1.29 is 4.79 Å². The topological polar surface area (TPSA) is 45.2 Å². The molecule has 1 amide bonds. The first-order chi connectivity index (χ1) is 13.1. The molecule has 0 saturated carbocycles. The second-order valence-corrected chi connectivity index (χ2v) is 8.66. The first-order valence-corrected chi connectivity index (χ1v) is 10.9. The molecule has 4 nitrogen and oxygen atoms in total. The van der Waals surface area contributed by atoms with Gasteiger partial charge < -0.3 is 5.32 Å². The zero-order chi connectivity index (χ0) is 19.2. The molecule has 1 fully saturated rings. The van der Waals surface area contributed by atoms with E-state index in [9.17, 15) is 4.79 Å². The average molecular weight is 386 g/mol. The molecule has 1 saturated heterocycles. The van der Waals surface area contributed by atoms with Gasteiger partial charge in [0.25, 0.3) is 5.91 Å². The number of aryl methyl sites for hydroxylation is 3. The van der Waals surface area contributed by atoms with Gasteiger partial charge in [0, 0.05) is 25.7 Å². The predicted octanol–water partition coefficient (Wildman–Crippen LogP) is 4.50. The van der Waals surface area contributed by atoms with Crippen LogP contribution in [0.5, 0.6) is 0 Å². The van der Waals surface area contributed by atoms with Gasteiger partial charge in [-0.15, -0.1) is 11.3 Å². The van der Waals surface area contributed by atoms with Crippen LogP contribution in [0.1, 0.15) is 64.1 Å². The lowest BCUT2D eigenvalue weighted by Crippen LogP contribution is -2.44. The molecule has 3 rings (SSSR count). The van der Waals surface area contributed by atoms with Gasteiger partial charge in [0.1, 0.15) is 4.88 Å². The molecule has 1 aliphatic rings. The Morgan fingerprint density at radius 3 is 2.70 bits per heavy atom. The molecule has 2 aromatic rings. The van der Waals surface area contributed by atoms with E-state index in [0.29, 0.717) is 0 Å². The number of carbonyl (C=O) groups is 1. The number of unbranched alkanes of at least 4 members (excludes halogenated alkanes) is 1. The van der Waals surface area contributed by atoms with Crippen molar-refractivity contribution in [3.05, 3.63) is 51.0 Å². The van der Waals surface area contributed by atoms with Crippen LogP contribution in [-0.2, 0) is 13.0 Å². The summed E-state index contributed by atoms with van der Waals surface area (Å²) >= 11 is 1.57. The number of benzene rings is 1. The molecule has 1 N–H and O–H groups in total. The quantitative estimate of drug-likeness (QED) is 0.763. The maximum absolute atomic E-state index is 12.7. The number of hydrogen-bond acceptors (Lipinski definition) is 4. The molecule has 0 spiro atoms. The fourth-order valence-corrected chi connectivity index (χ4v) is 4.62. The van der Waals surface area contributed by atoms with Crippen molar-refractivity contribution in [2.75, 3.05) is 13.1 Å². The lowest BCUT2D eigenvalue weighted by molar-refractivity contribution is 0.0912. The Bertz CT molecular complexity index is 763. The van der Waals surface area contributed by atoms with Crippen LogP contribution in [0.4, 0.5) is 0 Å². The Morgan fingerprint density at radius 1 is 1.26 bits per heavy atom. The van der Waals surface area contributed by atoms with E-state index in [1.807, 2.05) is 6.92 Å². The Morgan fingerprint density at radius 2 is 2.00 bits per heavy atom. The van der Waals surface area contributed by atoms with Crippen LogP contribution in [0.15, 0.2) is 24.3 Å². The Hall–Kier alpha value is -1.72. The molecule has 0 unspecified atom stereocenters. The van der Waals surface area contributed by atoms with Gasteiger partial charge >= 0.3 is 0 Å². The van der Waals surface area contributed by atoms with Crippen molar-refractivity contribution in [3.8, 4) is 0 Å².